The molecule has 0 bridgehead atoms. The molecule has 6 heteroatoms. The maximum atomic E-state index is 12.6. The molecule has 1 fully saturated rings. The van der Waals surface area contributed by atoms with E-state index in [2.05, 4.69) is 13.8 Å². The van der Waals surface area contributed by atoms with Gasteiger partial charge < -0.3 is 5.73 Å². The lowest BCUT2D eigenvalue weighted by molar-refractivity contribution is 0.142. The van der Waals surface area contributed by atoms with Crippen LogP contribution in [0.5, 0.6) is 0 Å². The van der Waals surface area contributed by atoms with Crippen molar-refractivity contribution in [1.82, 2.24) is 4.31 Å². The highest BCUT2D eigenvalue weighted by Gasteiger charge is 2.36. The first kappa shape index (κ1) is 15.9. The fourth-order valence-electron chi connectivity index (χ4n) is 2.89. The summed E-state index contributed by atoms with van der Waals surface area (Å²) in [6.07, 6.45) is 4.20. The van der Waals surface area contributed by atoms with Crippen LogP contribution < -0.4 is 5.73 Å². The van der Waals surface area contributed by atoms with Crippen molar-refractivity contribution in [3.8, 4) is 0 Å². The van der Waals surface area contributed by atoms with Crippen molar-refractivity contribution < 1.29 is 8.42 Å². The standard InChI is InChI=1S/C14H24N2O2S2/c1-3-14(4-2)7-9-16(10-8-14)20(17,18)13-6-5-12(11-15)19-13/h5-6H,3-4,7-11,15H2,1-2H3. The van der Waals surface area contributed by atoms with Crippen LogP contribution in [0.4, 0.5) is 0 Å². The Morgan fingerprint density at radius 2 is 1.85 bits per heavy atom. The van der Waals surface area contributed by atoms with E-state index in [9.17, 15) is 8.42 Å². The molecule has 4 nitrogen and oxygen atoms in total. The van der Waals surface area contributed by atoms with Gasteiger partial charge in [-0.3, -0.25) is 0 Å². The minimum absolute atomic E-state index is 0.337. The molecule has 0 unspecified atom stereocenters. The normalized spacial score (nSPS) is 20.1. The largest absolute Gasteiger partial charge is 0.326 e. The summed E-state index contributed by atoms with van der Waals surface area (Å²) in [5.41, 5.74) is 5.90. The van der Waals surface area contributed by atoms with Crippen molar-refractivity contribution in [2.24, 2.45) is 11.1 Å². The van der Waals surface area contributed by atoms with Gasteiger partial charge in [-0.1, -0.05) is 26.7 Å². The molecule has 1 aliphatic rings. The Labute approximate surface area is 126 Å². The maximum absolute atomic E-state index is 12.6. The zero-order valence-corrected chi connectivity index (χ0v) is 13.9. The molecule has 1 aromatic rings. The molecule has 0 aromatic carbocycles. The minimum atomic E-state index is -3.32. The van der Waals surface area contributed by atoms with Crippen LogP contribution in [0, 0.1) is 5.41 Å². The highest BCUT2D eigenvalue weighted by molar-refractivity contribution is 7.91. The van der Waals surface area contributed by atoms with Crippen LogP contribution in [0.1, 0.15) is 44.4 Å². The molecule has 0 saturated carbocycles. The number of nitrogens with two attached hydrogens (primary N) is 1. The highest BCUT2D eigenvalue weighted by Crippen LogP contribution is 2.39. The van der Waals surface area contributed by atoms with Gasteiger partial charge in [0.25, 0.3) is 10.0 Å². The van der Waals surface area contributed by atoms with Gasteiger partial charge in [0.05, 0.1) is 0 Å². The fraction of sp³-hybridized carbons (Fsp3) is 0.714. The van der Waals surface area contributed by atoms with Gasteiger partial charge in [-0.15, -0.1) is 11.3 Å². The fourth-order valence-corrected chi connectivity index (χ4v) is 5.72. The topological polar surface area (TPSA) is 63.4 Å². The molecule has 2 rings (SSSR count). The summed E-state index contributed by atoms with van der Waals surface area (Å²) < 4.78 is 27.3. The summed E-state index contributed by atoms with van der Waals surface area (Å²) in [4.78, 5) is 0.914. The van der Waals surface area contributed by atoms with Crippen LogP contribution in [-0.2, 0) is 16.6 Å². The molecular formula is C14H24N2O2S2. The second-order valence-corrected chi connectivity index (χ2v) is 8.87. The first-order valence-electron chi connectivity index (χ1n) is 7.26. The molecule has 20 heavy (non-hydrogen) atoms. The third-order valence-corrected chi connectivity index (χ3v) is 8.19. The molecule has 0 radical (unpaired) electrons. The van der Waals surface area contributed by atoms with Crippen molar-refractivity contribution in [2.75, 3.05) is 13.1 Å². The number of rotatable bonds is 5. The van der Waals surface area contributed by atoms with Crippen LogP contribution in [-0.4, -0.2) is 25.8 Å². The number of nitrogens with zero attached hydrogens (tertiary/aromatic N) is 1. The Morgan fingerprint density at radius 3 is 2.30 bits per heavy atom. The van der Waals surface area contributed by atoms with Crippen LogP contribution in [0.25, 0.3) is 0 Å². The van der Waals surface area contributed by atoms with Crippen LogP contribution in [0.2, 0.25) is 0 Å². The van der Waals surface area contributed by atoms with Crippen molar-refractivity contribution in [2.45, 2.75) is 50.3 Å². The number of hydrogen-bond donors (Lipinski definition) is 1. The molecule has 0 amide bonds. The van der Waals surface area contributed by atoms with Crippen molar-refractivity contribution >= 4 is 21.4 Å². The quantitative estimate of drug-likeness (QED) is 0.908. The molecule has 1 aliphatic heterocycles. The van der Waals surface area contributed by atoms with Gasteiger partial charge in [-0.25, -0.2) is 8.42 Å². The van der Waals surface area contributed by atoms with Crippen LogP contribution >= 0.6 is 11.3 Å². The summed E-state index contributed by atoms with van der Waals surface area (Å²) in [6, 6.07) is 3.49. The Hall–Kier alpha value is -0.430. The molecule has 2 heterocycles. The van der Waals surface area contributed by atoms with Gasteiger partial charge >= 0.3 is 0 Å². The van der Waals surface area contributed by atoms with Crippen molar-refractivity contribution in [3.05, 3.63) is 17.0 Å². The van der Waals surface area contributed by atoms with Gasteiger partial charge in [0.15, 0.2) is 0 Å². The Balaban J connectivity index is 2.13. The second-order valence-electron chi connectivity index (χ2n) is 5.54. The van der Waals surface area contributed by atoms with E-state index in [1.165, 1.54) is 11.3 Å². The van der Waals surface area contributed by atoms with Crippen molar-refractivity contribution in [1.29, 1.82) is 0 Å². The summed E-state index contributed by atoms with van der Waals surface area (Å²) in [7, 11) is -3.32. The van der Waals surface area contributed by atoms with Crippen molar-refractivity contribution in [3.63, 3.8) is 0 Å². The molecule has 1 saturated heterocycles. The predicted octanol–water partition coefficient (Wildman–Crippen LogP) is 2.80. The molecule has 0 spiro atoms. The smallest absolute Gasteiger partial charge is 0.252 e. The first-order valence-corrected chi connectivity index (χ1v) is 9.52. The summed E-state index contributed by atoms with van der Waals surface area (Å²) in [6.45, 7) is 6.09. The van der Waals surface area contributed by atoms with Gasteiger partial charge in [-0.2, -0.15) is 4.31 Å². The third-order valence-electron chi connectivity index (χ3n) is 4.72. The zero-order chi connectivity index (χ0) is 14.8. The van der Waals surface area contributed by atoms with E-state index in [1.807, 2.05) is 6.07 Å². The van der Waals surface area contributed by atoms with Crippen LogP contribution in [0.15, 0.2) is 16.3 Å². The summed E-state index contributed by atoms with van der Waals surface area (Å²) in [5.74, 6) is 0. The lowest BCUT2D eigenvalue weighted by atomic mass is 9.75. The Bertz CT molecular complexity index is 537. The van der Waals surface area contributed by atoms with Gasteiger partial charge in [0.2, 0.25) is 0 Å². The molecule has 0 atom stereocenters. The number of piperidine rings is 1. The SMILES string of the molecule is CCC1(CC)CCN(S(=O)(=O)c2ccc(CN)s2)CC1. The maximum Gasteiger partial charge on any atom is 0.252 e. The van der Waals surface area contributed by atoms with Gasteiger partial charge in [0, 0.05) is 24.5 Å². The number of thiophene rings is 1. The predicted molar refractivity (Wildman–Crippen MR) is 83.2 cm³/mol. The van der Waals surface area contributed by atoms with E-state index in [4.69, 9.17) is 5.73 Å². The Morgan fingerprint density at radius 1 is 1.25 bits per heavy atom. The van der Waals surface area contributed by atoms with E-state index < -0.39 is 10.0 Å². The van der Waals surface area contributed by atoms with E-state index in [1.54, 1.807) is 10.4 Å². The highest BCUT2D eigenvalue weighted by atomic mass is 32.2. The molecule has 2 N–H and O–H groups in total. The lowest BCUT2D eigenvalue weighted by Crippen LogP contribution is -2.42. The Kier molecular flexibility index (Phi) is 4.89. The van der Waals surface area contributed by atoms with Gasteiger partial charge in [0.1, 0.15) is 4.21 Å². The first-order chi connectivity index (χ1) is 9.47. The average molecular weight is 316 g/mol. The monoisotopic (exact) mass is 316 g/mol. The van der Waals surface area contributed by atoms with E-state index in [-0.39, 0.29) is 0 Å². The number of sulfonamides is 1. The lowest BCUT2D eigenvalue weighted by Gasteiger charge is -2.40. The van der Waals surface area contributed by atoms with E-state index in [0.29, 0.717) is 29.3 Å². The molecule has 1 aromatic heterocycles. The van der Waals surface area contributed by atoms with E-state index in [0.717, 1.165) is 30.6 Å². The third kappa shape index (κ3) is 2.93. The van der Waals surface area contributed by atoms with Gasteiger partial charge in [-0.05, 0) is 30.4 Å². The van der Waals surface area contributed by atoms with Crippen LogP contribution in [0.3, 0.4) is 0 Å². The molecular weight excluding hydrogens is 292 g/mol. The molecule has 114 valence electrons. The zero-order valence-electron chi connectivity index (χ0n) is 12.3. The number of hydrogen-bond acceptors (Lipinski definition) is 4. The average Bonchev–Trinajstić information content (AvgIpc) is 2.97. The van der Waals surface area contributed by atoms with E-state index >= 15 is 0 Å². The minimum Gasteiger partial charge on any atom is -0.326 e. The summed E-state index contributed by atoms with van der Waals surface area (Å²) in [5, 5.41) is 0. The molecule has 0 aliphatic carbocycles. The summed E-state index contributed by atoms with van der Waals surface area (Å²) >= 11 is 1.29. The second kappa shape index (κ2) is 6.13.